The lowest BCUT2D eigenvalue weighted by atomic mass is 10.2. The van der Waals surface area contributed by atoms with E-state index in [4.69, 9.17) is 5.26 Å². The molecule has 1 fully saturated rings. The second-order valence-electron chi connectivity index (χ2n) is 4.40. The Hall–Kier alpha value is -1.54. The van der Waals surface area contributed by atoms with E-state index in [1.807, 2.05) is 24.1 Å². The summed E-state index contributed by atoms with van der Waals surface area (Å²) < 4.78 is 0.863. The molecule has 0 N–H and O–H groups in total. The third kappa shape index (κ3) is 2.82. The van der Waals surface area contributed by atoms with E-state index in [9.17, 15) is 4.79 Å². The van der Waals surface area contributed by atoms with Crippen LogP contribution >= 0.6 is 15.9 Å². The van der Waals surface area contributed by atoms with E-state index < -0.39 is 0 Å². The van der Waals surface area contributed by atoms with Crippen LogP contribution < -0.4 is 4.90 Å². The van der Waals surface area contributed by atoms with Gasteiger partial charge >= 0.3 is 0 Å². The van der Waals surface area contributed by atoms with Crippen LogP contribution in [0.5, 0.6) is 0 Å². The quantitative estimate of drug-likeness (QED) is 0.797. The van der Waals surface area contributed by atoms with Gasteiger partial charge in [-0.1, -0.05) is 15.9 Å². The zero-order valence-electron chi connectivity index (χ0n) is 10.2. The maximum Gasteiger partial charge on any atom is 0.241 e. The first-order valence-corrected chi connectivity index (χ1v) is 6.59. The Morgan fingerprint density at radius 1 is 1.33 bits per heavy atom. The molecule has 0 spiro atoms. The number of likely N-dealkylation sites (N-methyl/N-ethyl adjacent to an activating group) is 1. The highest BCUT2D eigenvalue weighted by Crippen LogP contribution is 2.23. The van der Waals surface area contributed by atoms with Crippen LogP contribution in [0.1, 0.15) is 12.0 Å². The number of hydrogen-bond donors (Lipinski definition) is 0. The van der Waals surface area contributed by atoms with Crippen LogP contribution in [0.3, 0.4) is 0 Å². The maximum absolute atomic E-state index is 11.8. The number of nitriles is 1. The molecular weight excluding hydrogens is 294 g/mol. The lowest BCUT2D eigenvalue weighted by Gasteiger charge is -2.22. The Morgan fingerprint density at radius 3 is 2.83 bits per heavy atom. The summed E-state index contributed by atoms with van der Waals surface area (Å²) in [6.07, 6.45) is 0.941. The molecule has 1 aromatic carbocycles. The van der Waals surface area contributed by atoms with Gasteiger partial charge in [-0.15, -0.1) is 0 Å². The number of amides is 1. The topological polar surface area (TPSA) is 47.3 Å². The van der Waals surface area contributed by atoms with Crippen molar-refractivity contribution in [3.63, 3.8) is 0 Å². The number of carbonyl (C=O) groups is 1. The highest BCUT2D eigenvalue weighted by atomic mass is 79.9. The predicted octanol–water partition coefficient (Wildman–Crippen LogP) is 1.99. The van der Waals surface area contributed by atoms with E-state index in [1.54, 1.807) is 11.0 Å². The molecule has 0 bridgehead atoms. The molecule has 0 aromatic heterocycles. The number of hydrogen-bond acceptors (Lipinski definition) is 3. The second-order valence-corrected chi connectivity index (χ2v) is 5.32. The first kappa shape index (κ1) is 12.9. The van der Waals surface area contributed by atoms with E-state index in [2.05, 4.69) is 22.0 Å². The number of anilines is 1. The summed E-state index contributed by atoms with van der Waals surface area (Å²) in [5, 5.41) is 8.97. The third-order valence-electron chi connectivity index (χ3n) is 3.05. The van der Waals surface area contributed by atoms with Crippen molar-refractivity contribution in [2.24, 2.45) is 0 Å². The van der Waals surface area contributed by atoms with Gasteiger partial charge in [0.05, 0.1) is 18.2 Å². The number of benzene rings is 1. The zero-order valence-corrected chi connectivity index (χ0v) is 11.8. The normalized spacial score (nSPS) is 16.4. The van der Waals surface area contributed by atoms with Crippen molar-refractivity contribution >= 4 is 27.5 Å². The molecule has 4 nitrogen and oxygen atoms in total. The first-order chi connectivity index (χ1) is 8.60. The van der Waals surface area contributed by atoms with Gasteiger partial charge in [0.15, 0.2) is 0 Å². The Kier molecular flexibility index (Phi) is 3.87. The molecule has 1 aromatic rings. The molecule has 5 heteroatoms. The van der Waals surface area contributed by atoms with Crippen LogP contribution in [0.4, 0.5) is 5.69 Å². The summed E-state index contributed by atoms with van der Waals surface area (Å²) in [5.41, 5.74) is 1.52. The first-order valence-electron chi connectivity index (χ1n) is 5.80. The summed E-state index contributed by atoms with van der Waals surface area (Å²) in [6.45, 7) is 1.99. The molecule has 1 saturated heterocycles. The number of rotatable bonds is 1. The number of nitrogens with zero attached hydrogens (tertiary/aromatic N) is 3. The Labute approximate surface area is 115 Å². The van der Waals surface area contributed by atoms with Crippen LogP contribution in [0.25, 0.3) is 0 Å². The molecule has 1 amide bonds. The fourth-order valence-corrected chi connectivity index (χ4v) is 2.51. The molecule has 0 atom stereocenters. The number of carbonyl (C=O) groups excluding carboxylic acids is 1. The fourth-order valence-electron chi connectivity index (χ4n) is 2.03. The van der Waals surface area contributed by atoms with E-state index in [1.165, 1.54) is 0 Å². The average Bonchev–Trinajstić information content (AvgIpc) is 2.51. The largest absolute Gasteiger partial charge is 0.362 e. The van der Waals surface area contributed by atoms with Gasteiger partial charge in [0.2, 0.25) is 5.91 Å². The van der Waals surface area contributed by atoms with Crippen molar-refractivity contribution in [3.05, 3.63) is 28.2 Å². The Morgan fingerprint density at radius 2 is 2.11 bits per heavy atom. The third-order valence-corrected chi connectivity index (χ3v) is 3.51. The predicted molar refractivity (Wildman–Crippen MR) is 73.3 cm³/mol. The average molecular weight is 308 g/mol. The van der Waals surface area contributed by atoms with Gasteiger partial charge < -0.3 is 9.80 Å². The Bertz CT molecular complexity index is 509. The lowest BCUT2D eigenvalue weighted by molar-refractivity contribution is -0.127. The van der Waals surface area contributed by atoms with Crippen molar-refractivity contribution < 1.29 is 4.79 Å². The standard InChI is InChI=1S/C13H14BrN3O/c1-16-3-2-4-17(9-13(16)18)12-6-10(8-15)5-11(14)7-12/h5-7H,2-4,9H2,1H3. The number of halogens is 1. The molecule has 1 aliphatic rings. The van der Waals surface area contributed by atoms with Crippen molar-refractivity contribution in [2.75, 3.05) is 31.6 Å². The second kappa shape index (κ2) is 5.40. The fraction of sp³-hybridized carbons (Fsp3) is 0.385. The van der Waals surface area contributed by atoms with Gasteiger partial charge in [-0.3, -0.25) is 4.79 Å². The molecule has 1 heterocycles. The van der Waals surface area contributed by atoms with Crippen molar-refractivity contribution in [2.45, 2.75) is 6.42 Å². The van der Waals surface area contributed by atoms with Gasteiger partial charge in [0.25, 0.3) is 0 Å². The van der Waals surface area contributed by atoms with E-state index in [-0.39, 0.29) is 5.91 Å². The summed E-state index contributed by atoms with van der Waals surface area (Å²) in [5.74, 6) is 0.117. The summed E-state index contributed by atoms with van der Waals surface area (Å²) in [6, 6.07) is 7.67. The van der Waals surface area contributed by atoms with Crippen molar-refractivity contribution in [3.8, 4) is 6.07 Å². The summed E-state index contributed by atoms with van der Waals surface area (Å²) in [7, 11) is 1.83. The van der Waals surface area contributed by atoms with E-state index in [0.717, 1.165) is 29.7 Å². The molecule has 18 heavy (non-hydrogen) atoms. The molecule has 2 rings (SSSR count). The Balaban J connectivity index is 2.28. The van der Waals surface area contributed by atoms with Gasteiger partial charge in [0.1, 0.15) is 0 Å². The molecule has 0 unspecified atom stereocenters. The summed E-state index contributed by atoms with van der Waals surface area (Å²) in [4.78, 5) is 15.6. The monoisotopic (exact) mass is 307 g/mol. The molecule has 0 radical (unpaired) electrons. The van der Waals surface area contributed by atoms with Crippen molar-refractivity contribution in [1.29, 1.82) is 5.26 Å². The van der Waals surface area contributed by atoms with E-state index >= 15 is 0 Å². The van der Waals surface area contributed by atoms with Gasteiger partial charge in [-0.05, 0) is 24.6 Å². The smallest absolute Gasteiger partial charge is 0.241 e. The van der Waals surface area contributed by atoms with Crippen LogP contribution in [0.2, 0.25) is 0 Å². The summed E-state index contributed by atoms with van der Waals surface area (Å²) >= 11 is 3.39. The van der Waals surface area contributed by atoms with Gasteiger partial charge in [-0.25, -0.2) is 0 Å². The van der Waals surface area contributed by atoms with Crippen molar-refractivity contribution in [1.82, 2.24) is 4.90 Å². The molecular formula is C13H14BrN3O. The van der Waals surface area contributed by atoms with Crippen LogP contribution in [-0.2, 0) is 4.79 Å². The minimum absolute atomic E-state index is 0.117. The minimum atomic E-state index is 0.117. The molecule has 0 saturated carbocycles. The molecule has 94 valence electrons. The van der Waals surface area contributed by atoms with Crippen LogP contribution in [0, 0.1) is 11.3 Å². The lowest BCUT2D eigenvalue weighted by Crippen LogP contribution is -2.34. The molecule has 1 aliphatic heterocycles. The van der Waals surface area contributed by atoms with E-state index in [0.29, 0.717) is 12.1 Å². The van der Waals surface area contributed by atoms with Gasteiger partial charge in [-0.2, -0.15) is 5.26 Å². The van der Waals surface area contributed by atoms with Crippen LogP contribution in [-0.4, -0.2) is 37.5 Å². The molecule has 0 aliphatic carbocycles. The zero-order chi connectivity index (χ0) is 13.1. The highest BCUT2D eigenvalue weighted by molar-refractivity contribution is 9.10. The maximum atomic E-state index is 11.8. The van der Waals surface area contributed by atoms with Gasteiger partial charge in [0, 0.05) is 30.3 Å². The SMILES string of the molecule is CN1CCCN(c2cc(Br)cc(C#N)c2)CC1=O. The minimum Gasteiger partial charge on any atom is -0.362 e. The highest BCUT2D eigenvalue weighted by Gasteiger charge is 2.19. The van der Waals surface area contributed by atoms with Crippen LogP contribution in [0.15, 0.2) is 22.7 Å².